The minimum absolute atomic E-state index is 0.0379. The van der Waals surface area contributed by atoms with E-state index in [1.165, 1.54) is 13.2 Å². The van der Waals surface area contributed by atoms with Crippen molar-refractivity contribution in [2.45, 2.75) is 6.10 Å². The second kappa shape index (κ2) is 4.99. The summed E-state index contributed by atoms with van der Waals surface area (Å²) in [5.41, 5.74) is 2.42. The van der Waals surface area contributed by atoms with Crippen LogP contribution in [0.3, 0.4) is 0 Å². The summed E-state index contributed by atoms with van der Waals surface area (Å²) in [5, 5.41) is 9.42. The fourth-order valence-corrected chi connectivity index (χ4v) is 1.04. The summed E-state index contributed by atoms with van der Waals surface area (Å²) in [7, 11) is 1.38. The molecule has 3 nitrogen and oxygen atoms in total. The zero-order valence-electron chi connectivity index (χ0n) is 7.63. The largest absolute Gasteiger partial charge is 0.387 e. The van der Waals surface area contributed by atoms with E-state index in [2.05, 4.69) is 10.3 Å². The fraction of sp³-hybridized carbons (Fsp3) is 0.333. The van der Waals surface area contributed by atoms with Crippen LogP contribution in [-0.4, -0.2) is 18.8 Å². The minimum Gasteiger partial charge on any atom is -0.387 e. The Kier molecular flexibility index (Phi) is 3.94. The Balaban J connectivity index is 2.74. The summed E-state index contributed by atoms with van der Waals surface area (Å²) in [6, 6.07) is 3.02. The fourth-order valence-electron chi connectivity index (χ4n) is 1.04. The Bertz CT molecular complexity index is 307. The molecule has 1 aromatic carbocycles. The quantitative estimate of drug-likeness (QED) is 0.721. The van der Waals surface area contributed by atoms with Crippen molar-refractivity contribution in [3.05, 3.63) is 35.4 Å². The molecule has 0 bridgehead atoms. The molecule has 1 aromatic rings. The van der Waals surface area contributed by atoms with Crippen molar-refractivity contribution >= 4 is 0 Å². The number of halogens is 2. The highest BCUT2D eigenvalue weighted by molar-refractivity contribution is 5.20. The lowest BCUT2D eigenvalue weighted by Crippen LogP contribution is -2.20. The number of aliphatic hydroxyl groups excluding tert-OH is 1. The molecule has 0 aliphatic rings. The lowest BCUT2D eigenvalue weighted by atomic mass is 10.1. The van der Waals surface area contributed by atoms with Gasteiger partial charge in [-0.05, 0) is 6.07 Å². The van der Waals surface area contributed by atoms with E-state index < -0.39 is 17.7 Å². The maximum Gasteiger partial charge on any atom is 0.131 e. The van der Waals surface area contributed by atoms with Gasteiger partial charge in [-0.25, -0.2) is 8.78 Å². The maximum absolute atomic E-state index is 13.1. The Hall–Kier alpha value is -1.04. The van der Waals surface area contributed by atoms with Crippen LogP contribution in [0, 0.1) is 11.6 Å². The van der Waals surface area contributed by atoms with Crippen LogP contribution in [0.4, 0.5) is 8.78 Å². The molecule has 2 N–H and O–H groups in total. The van der Waals surface area contributed by atoms with Crippen molar-refractivity contribution < 1.29 is 18.7 Å². The molecule has 1 atom stereocenters. The highest BCUT2D eigenvalue weighted by atomic mass is 19.1. The summed E-state index contributed by atoms with van der Waals surface area (Å²) in [6.07, 6.45) is -1.06. The van der Waals surface area contributed by atoms with Crippen molar-refractivity contribution in [3.63, 3.8) is 0 Å². The van der Waals surface area contributed by atoms with E-state index in [1.807, 2.05) is 0 Å². The van der Waals surface area contributed by atoms with Gasteiger partial charge in [0, 0.05) is 11.6 Å². The SMILES string of the molecule is CONCC(O)c1ccc(F)cc1F. The van der Waals surface area contributed by atoms with Crippen LogP contribution >= 0.6 is 0 Å². The van der Waals surface area contributed by atoms with Crippen molar-refractivity contribution in [1.29, 1.82) is 0 Å². The standard InChI is InChI=1S/C9H11F2NO2/c1-14-12-5-9(13)7-3-2-6(10)4-8(7)11/h2-4,9,12-13H,5H2,1H3. The molecule has 78 valence electrons. The third-order valence-corrected chi connectivity index (χ3v) is 1.74. The zero-order valence-corrected chi connectivity index (χ0v) is 7.63. The third-order valence-electron chi connectivity index (χ3n) is 1.74. The molecular formula is C9H11F2NO2. The molecule has 0 spiro atoms. The van der Waals surface area contributed by atoms with Crippen molar-refractivity contribution in [1.82, 2.24) is 5.48 Å². The number of hydroxylamine groups is 1. The number of rotatable bonds is 4. The van der Waals surface area contributed by atoms with E-state index in [0.717, 1.165) is 12.1 Å². The van der Waals surface area contributed by atoms with Gasteiger partial charge in [-0.2, -0.15) is 5.48 Å². The van der Waals surface area contributed by atoms with E-state index >= 15 is 0 Å². The Morgan fingerprint density at radius 1 is 1.50 bits per heavy atom. The van der Waals surface area contributed by atoms with E-state index in [4.69, 9.17) is 0 Å². The first-order valence-corrected chi connectivity index (χ1v) is 4.04. The van der Waals surface area contributed by atoms with Gasteiger partial charge in [0.1, 0.15) is 11.6 Å². The molecule has 0 aliphatic carbocycles. The average molecular weight is 203 g/mol. The molecule has 0 aliphatic heterocycles. The number of aliphatic hydroxyl groups is 1. The van der Waals surface area contributed by atoms with Gasteiger partial charge in [-0.3, -0.25) is 0 Å². The second-order valence-corrected chi connectivity index (χ2v) is 2.73. The average Bonchev–Trinajstić information content (AvgIpc) is 2.14. The Labute approximate surface area is 80.3 Å². The molecule has 1 rings (SSSR count). The first-order chi connectivity index (χ1) is 6.65. The summed E-state index contributed by atoms with van der Waals surface area (Å²) in [4.78, 5) is 4.49. The minimum atomic E-state index is -1.06. The van der Waals surface area contributed by atoms with E-state index in [1.54, 1.807) is 0 Å². The van der Waals surface area contributed by atoms with Crippen LogP contribution in [0.1, 0.15) is 11.7 Å². The number of hydrogen-bond donors (Lipinski definition) is 2. The molecule has 0 aromatic heterocycles. The molecule has 1 unspecified atom stereocenters. The summed E-state index contributed by atoms with van der Waals surface area (Å²) in [6.45, 7) is 0.0407. The predicted octanol–water partition coefficient (Wildman–Crippen LogP) is 1.15. The molecule has 0 saturated heterocycles. The van der Waals surface area contributed by atoms with Crippen LogP contribution in [0.5, 0.6) is 0 Å². The summed E-state index contributed by atoms with van der Waals surface area (Å²) >= 11 is 0. The normalized spacial score (nSPS) is 12.9. The van der Waals surface area contributed by atoms with Crippen LogP contribution < -0.4 is 5.48 Å². The number of nitrogens with one attached hydrogen (secondary N) is 1. The topological polar surface area (TPSA) is 41.5 Å². The van der Waals surface area contributed by atoms with Gasteiger partial charge >= 0.3 is 0 Å². The molecular weight excluding hydrogens is 192 g/mol. The van der Waals surface area contributed by atoms with Crippen LogP contribution in [-0.2, 0) is 4.84 Å². The first kappa shape index (κ1) is 11.0. The Morgan fingerprint density at radius 3 is 2.79 bits per heavy atom. The van der Waals surface area contributed by atoms with Crippen LogP contribution in [0.2, 0.25) is 0 Å². The van der Waals surface area contributed by atoms with Gasteiger partial charge < -0.3 is 9.94 Å². The smallest absolute Gasteiger partial charge is 0.131 e. The van der Waals surface area contributed by atoms with Crippen LogP contribution in [0.25, 0.3) is 0 Å². The van der Waals surface area contributed by atoms with E-state index in [9.17, 15) is 13.9 Å². The number of benzene rings is 1. The molecule has 0 heterocycles. The molecule has 0 fully saturated rings. The monoisotopic (exact) mass is 203 g/mol. The van der Waals surface area contributed by atoms with E-state index in [0.29, 0.717) is 0 Å². The van der Waals surface area contributed by atoms with Gasteiger partial charge in [0.2, 0.25) is 0 Å². The van der Waals surface area contributed by atoms with Crippen LogP contribution in [0.15, 0.2) is 18.2 Å². The van der Waals surface area contributed by atoms with Crippen molar-refractivity contribution in [2.75, 3.05) is 13.7 Å². The van der Waals surface area contributed by atoms with Crippen molar-refractivity contribution in [3.8, 4) is 0 Å². The molecule has 0 amide bonds. The lowest BCUT2D eigenvalue weighted by molar-refractivity contribution is 0.0488. The third kappa shape index (κ3) is 2.73. The Morgan fingerprint density at radius 2 is 2.21 bits per heavy atom. The molecule has 5 heteroatoms. The van der Waals surface area contributed by atoms with Crippen molar-refractivity contribution in [2.24, 2.45) is 0 Å². The summed E-state index contributed by atoms with van der Waals surface area (Å²) in [5.74, 6) is -1.44. The highest BCUT2D eigenvalue weighted by Crippen LogP contribution is 2.17. The summed E-state index contributed by atoms with van der Waals surface area (Å²) < 4.78 is 25.6. The highest BCUT2D eigenvalue weighted by Gasteiger charge is 2.12. The predicted molar refractivity (Wildman–Crippen MR) is 46.3 cm³/mol. The van der Waals surface area contributed by atoms with Gasteiger partial charge in [0.05, 0.1) is 19.8 Å². The van der Waals surface area contributed by atoms with Gasteiger partial charge in [-0.15, -0.1) is 0 Å². The zero-order chi connectivity index (χ0) is 10.6. The molecule has 14 heavy (non-hydrogen) atoms. The van der Waals surface area contributed by atoms with Gasteiger partial charge in [-0.1, -0.05) is 6.07 Å². The maximum atomic E-state index is 13.1. The first-order valence-electron chi connectivity index (χ1n) is 4.04. The van der Waals surface area contributed by atoms with Gasteiger partial charge in [0.15, 0.2) is 0 Å². The van der Waals surface area contributed by atoms with E-state index in [-0.39, 0.29) is 12.1 Å². The lowest BCUT2D eigenvalue weighted by Gasteiger charge is -2.11. The number of hydrogen-bond acceptors (Lipinski definition) is 3. The second-order valence-electron chi connectivity index (χ2n) is 2.73. The molecule has 0 saturated carbocycles. The molecule has 0 radical (unpaired) electrons. The van der Waals surface area contributed by atoms with Gasteiger partial charge in [0.25, 0.3) is 0 Å².